The number of fused-ring (bicyclic) bond motifs is 1. The van der Waals surface area contributed by atoms with Gasteiger partial charge < -0.3 is 13.9 Å². The van der Waals surface area contributed by atoms with Gasteiger partial charge in [-0.2, -0.15) is 0 Å². The van der Waals surface area contributed by atoms with Crippen LogP contribution in [0.1, 0.15) is 52.4 Å². The van der Waals surface area contributed by atoms with Gasteiger partial charge in [0.2, 0.25) is 11.2 Å². The summed E-state index contributed by atoms with van der Waals surface area (Å²) in [5.41, 5.74) is 4.35. The Morgan fingerprint density at radius 1 is 0.909 bits per heavy atom. The minimum atomic E-state index is -0.447. The van der Waals surface area contributed by atoms with Crippen LogP contribution in [0.25, 0.3) is 11.0 Å². The van der Waals surface area contributed by atoms with Gasteiger partial charge in [0, 0.05) is 6.07 Å². The van der Waals surface area contributed by atoms with E-state index < -0.39 is 5.97 Å². The fourth-order valence-electron chi connectivity index (χ4n) is 4.05. The molecule has 3 aromatic carbocycles. The predicted octanol–water partition coefficient (Wildman–Crippen LogP) is 6.85. The van der Waals surface area contributed by atoms with E-state index in [9.17, 15) is 9.59 Å². The first-order valence-electron chi connectivity index (χ1n) is 10.9. The number of hydrogen-bond acceptors (Lipinski definition) is 5. The van der Waals surface area contributed by atoms with Crippen LogP contribution in [0.15, 0.2) is 70.1 Å². The molecule has 0 spiro atoms. The average Bonchev–Trinajstić information content (AvgIpc) is 2.75. The fourth-order valence-corrected chi connectivity index (χ4v) is 4.05. The van der Waals surface area contributed by atoms with Crippen LogP contribution >= 0.6 is 0 Å². The Kier molecular flexibility index (Phi) is 6.05. The lowest BCUT2D eigenvalue weighted by Crippen LogP contribution is -2.13. The summed E-state index contributed by atoms with van der Waals surface area (Å²) in [5, 5.41) is 0.344. The van der Waals surface area contributed by atoms with Crippen LogP contribution in [0.4, 0.5) is 0 Å². The fraction of sp³-hybridized carbons (Fsp3) is 0.214. The lowest BCUT2D eigenvalue weighted by Gasteiger charge is -2.13. The van der Waals surface area contributed by atoms with Crippen molar-refractivity contribution in [1.29, 1.82) is 0 Å². The van der Waals surface area contributed by atoms with Crippen molar-refractivity contribution < 1.29 is 18.7 Å². The van der Waals surface area contributed by atoms with Gasteiger partial charge in [-0.15, -0.1) is 0 Å². The molecule has 0 saturated heterocycles. The smallest absolute Gasteiger partial charge is 0.344 e. The van der Waals surface area contributed by atoms with Crippen LogP contribution in [0.3, 0.4) is 0 Å². The number of ether oxygens (including phenoxy) is 2. The summed E-state index contributed by atoms with van der Waals surface area (Å²) in [7, 11) is 0. The summed E-state index contributed by atoms with van der Waals surface area (Å²) in [5.74, 6) is 0.817. The standard InChI is InChI=1S/C28H26O5/c1-16(2)21-8-6-7-9-23(21)33-25-15-31-24-14-20(10-11-22(24)27(25)29)32-28(30)26-18(4)12-17(3)13-19(26)5/h6-16H,1-5H3. The number of carbonyl (C=O) groups excluding carboxylic acids is 1. The van der Waals surface area contributed by atoms with E-state index >= 15 is 0 Å². The number of esters is 1. The zero-order chi connectivity index (χ0) is 23.7. The molecule has 5 nitrogen and oxygen atoms in total. The van der Waals surface area contributed by atoms with Gasteiger partial charge in [-0.3, -0.25) is 4.79 Å². The molecule has 0 bridgehead atoms. The maximum absolute atomic E-state index is 13.0. The van der Waals surface area contributed by atoms with Crippen LogP contribution in [-0.2, 0) is 0 Å². The van der Waals surface area contributed by atoms with Gasteiger partial charge >= 0.3 is 5.97 Å². The monoisotopic (exact) mass is 442 g/mol. The van der Waals surface area contributed by atoms with Crippen molar-refractivity contribution in [2.24, 2.45) is 0 Å². The van der Waals surface area contributed by atoms with Gasteiger partial charge in [-0.1, -0.05) is 49.7 Å². The minimum absolute atomic E-state index is 0.103. The summed E-state index contributed by atoms with van der Waals surface area (Å²) in [4.78, 5) is 25.8. The molecule has 4 rings (SSSR count). The Morgan fingerprint density at radius 2 is 1.61 bits per heavy atom. The number of rotatable bonds is 5. The highest BCUT2D eigenvalue weighted by atomic mass is 16.5. The Morgan fingerprint density at radius 3 is 2.30 bits per heavy atom. The van der Waals surface area contributed by atoms with E-state index in [0.29, 0.717) is 28.0 Å². The molecule has 0 radical (unpaired) electrons. The van der Waals surface area contributed by atoms with Crippen LogP contribution in [-0.4, -0.2) is 5.97 Å². The van der Waals surface area contributed by atoms with Crippen molar-refractivity contribution in [3.63, 3.8) is 0 Å². The van der Waals surface area contributed by atoms with Gasteiger partial charge in [0.15, 0.2) is 0 Å². The molecule has 0 aliphatic heterocycles. The third-order valence-corrected chi connectivity index (χ3v) is 5.57. The Bertz CT molecular complexity index is 1390. The summed E-state index contributed by atoms with van der Waals surface area (Å²) in [6, 6.07) is 16.2. The molecule has 0 aliphatic carbocycles. The van der Waals surface area contributed by atoms with E-state index in [1.807, 2.05) is 57.2 Å². The quantitative estimate of drug-likeness (QED) is 0.250. The van der Waals surface area contributed by atoms with Crippen molar-refractivity contribution in [3.05, 3.63) is 98.9 Å². The third-order valence-electron chi connectivity index (χ3n) is 5.57. The minimum Gasteiger partial charge on any atom is -0.460 e. The maximum Gasteiger partial charge on any atom is 0.344 e. The van der Waals surface area contributed by atoms with Crippen LogP contribution in [0, 0.1) is 20.8 Å². The van der Waals surface area contributed by atoms with E-state index in [1.165, 1.54) is 6.26 Å². The lowest BCUT2D eigenvalue weighted by molar-refractivity contribution is 0.0733. The van der Waals surface area contributed by atoms with Gasteiger partial charge in [0.25, 0.3) is 0 Å². The zero-order valence-electron chi connectivity index (χ0n) is 19.4. The average molecular weight is 443 g/mol. The first-order valence-corrected chi connectivity index (χ1v) is 10.9. The molecular weight excluding hydrogens is 416 g/mol. The Balaban J connectivity index is 1.63. The third kappa shape index (κ3) is 4.53. The second-order valence-electron chi connectivity index (χ2n) is 8.54. The molecule has 1 heterocycles. The van der Waals surface area contributed by atoms with Crippen molar-refractivity contribution in [1.82, 2.24) is 0 Å². The Hall–Kier alpha value is -3.86. The van der Waals surface area contributed by atoms with Crippen LogP contribution < -0.4 is 14.9 Å². The molecule has 4 aromatic rings. The maximum atomic E-state index is 13.0. The van der Waals surface area contributed by atoms with E-state index in [4.69, 9.17) is 13.9 Å². The highest BCUT2D eigenvalue weighted by Crippen LogP contribution is 2.30. The highest BCUT2D eigenvalue weighted by Gasteiger charge is 2.17. The molecule has 5 heteroatoms. The van der Waals surface area contributed by atoms with Crippen LogP contribution in [0.5, 0.6) is 17.2 Å². The van der Waals surface area contributed by atoms with E-state index in [2.05, 4.69) is 13.8 Å². The van der Waals surface area contributed by atoms with Crippen molar-refractivity contribution in [2.45, 2.75) is 40.5 Å². The SMILES string of the molecule is Cc1cc(C)c(C(=O)Oc2ccc3c(=O)c(Oc4ccccc4C(C)C)coc3c2)c(C)c1. The molecule has 1 aromatic heterocycles. The highest BCUT2D eigenvalue weighted by molar-refractivity contribution is 5.94. The summed E-state index contributed by atoms with van der Waals surface area (Å²) in [6.07, 6.45) is 1.29. The van der Waals surface area contributed by atoms with Gasteiger partial charge in [0.05, 0.1) is 10.9 Å². The number of para-hydroxylation sites is 1. The molecule has 0 fully saturated rings. The van der Waals surface area contributed by atoms with Crippen LogP contribution in [0.2, 0.25) is 0 Å². The summed E-state index contributed by atoms with van der Waals surface area (Å²) >= 11 is 0. The second-order valence-corrected chi connectivity index (χ2v) is 8.54. The van der Waals surface area contributed by atoms with Gasteiger partial charge in [-0.05, 0) is 61.6 Å². The number of benzene rings is 3. The first-order chi connectivity index (χ1) is 15.7. The lowest BCUT2D eigenvalue weighted by atomic mass is 10.00. The van der Waals surface area contributed by atoms with Crippen molar-refractivity contribution in [2.75, 3.05) is 0 Å². The largest absolute Gasteiger partial charge is 0.460 e. The normalized spacial score (nSPS) is 11.1. The topological polar surface area (TPSA) is 65.7 Å². The van der Waals surface area contributed by atoms with E-state index in [0.717, 1.165) is 22.3 Å². The van der Waals surface area contributed by atoms with Crippen molar-refractivity contribution in [3.8, 4) is 17.2 Å². The molecule has 0 saturated carbocycles. The number of carbonyl (C=O) groups is 1. The zero-order valence-corrected chi connectivity index (χ0v) is 19.4. The molecule has 0 atom stereocenters. The molecule has 0 aliphatic rings. The van der Waals surface area contributed by atoms with E-state index in [1.54, 1.807) is 18.2 Å². The van der Waals surface area contributed by atoms with Crippen molar-refractivity contribution >= 4 is 16.9 Å². The number of aryl methyl sites for hydroxylation is 3. The molecule has 33 heavy (non-hydrogen) atoms. The predicted molar refractivity (Wildman–Crippen MR) is 129 cm³/mol. The molecular formula is C28H26O5. The summed E-state index contributed by atoms with van der Waals surface area (Å²) < 4.78 is 17.2. The molecule has 0 N–H and O–H groups in total. The Labute approximate surface area is 192 Å². The molecule has 0 unspecified atom stereocenters. The molecule has 168 valence electrons. The van der Waals surface area contributed by atoms with Gasteiger partial charge in [-0.25, -0.2) is 4.79 Å². The second kappa shape index (κ2) is 8.94. The number of hydrogen-bond donors (Lipinski definition) is 0. The first kappa shape index (κ1) is 22.3. The van der Waals surface area contributed by atoms with E-state index in [-0.39, 0.29) is 17.1 Å². The molecule has 0 amide bonds. The summed E-state index contributed by atoms with van der Waals surface area (Å²) in [6.45, 7) is 9.88. The van der Waals surface area contributed by atoms with Gasteiger partial charge in [0.1, 0.15) is 23.3 Å².